The molecule has 2 amide bonds. The molecule has 0 aliphatic rings. The number of aryl methyl sites for hydroxylation is 2. The van der Waals surface area contributed by atoms with Crippen LogP contribution in [0.4, 0.5) is 0 Å². The van der Waals surface area contributed by atoms with Gasteiger partial charge in [0.2, 0.25) is 5.91 Å². The Kier molecular flexibility index (Phi) is 9.95. The largest absolute Gasteiger partial charge is 0.484 e. The van der Waals surface area contributed by atoms with Gasteiger partial charge in [0.05, 0.1) is 0 Å². The minimum absolute atomic E-state index is 0.0141. The molecule has 6 heteroatoms. The minimum Gasteiger partial charge on any atom is -0.484 e. The van der Waals surface area contributed by atoms with Gasteiger partial charge in [-0.3, -0.25) is 9.59 Å². The minimum atomic E-state index is -0.728. The lowest BCUT2D eigenvalue weighted by Crippen LogP contribution is -2.53. The van der Waals surface area contributed by atoms with E-state index in [1.54, 1.807) is 11.0 Å². The average Bonchev–Trinajstić information content (AvgIpc) is 2.88. The molecule has 0 radical (unpaired) electrons. The smallest absolute Gasteiger partial charge is 0.261 e. The van der Waals surface area contributed by atoms with Gasteiger partial charge in [0.15, 0.2) is 6.61 Å². The molecule has 36 heavy (non-hydrogen) atoms. The summed E-state index contributed by atoms with van der Waals surface area (Å²) in [5.74, 6) is 0.140. The monoisotopic (exact) mass is 506 g/mol. The van der Waals surface area contributed by atoms with Crippen molar-refractivity contribution in [1.29, 1.82) is 0 Å². The molecule has 5 nitrogen and oxygen atoms in total. The van der Waals surface area contributed by atoms with Crippen molar-refractivity contribution >= 4 is 23.4 Å². The first-order chi connectivity index (χ1) is 17.3. The molecule has 190 valence electrons. The van der Waals surface area contributed by atoms with Gasteiger partial charge >= 0.3 is 0 Å². The van der Waals surface area contributed by atoms with Crippen LogP contribution in [-0.2, 0) is 22.6 Å². The summed E-state index contributed by atoms with van der Waals surface area (Å²) in [6.45, 7) is 8.01. The predicted molar refractivity (Wildman–Crippen MR) is 145 cm³/mol. The Hall–Kier alpha value is -3.31. The van der Waals surface area contributed by atoms with E-state index in [0.29, 0.717) is 17.2 Å². The van der Waals surface area contributed by atoms with E-state index < -0.39 is 6.04 Å². The first-order valence-corrected chi connectivity index (χ1v) is 12.7. The number of hydrogen-bond acceptors (Lipinski definition) is 3. The molecule has 0 bridgehead atoms. The van der Waals surface area contributed by atoms with Crippen molar-refractivity contribution in [2.24, 2.45) is 0 Å². The zero-order chi connectivity index (χ0) is 26.1. The Morgan fingerprint density at radius 3 is 2.33 bits per heavy atom. The van der Waals surface area contributed by atoms with Crippen LogP contribution >= 0.6 is 11.6 Å². The average molecular weight is 507 g/mol. The summed E-state index contributed by atoms with van der Waals surface area (Å²) in [5, 5.41) is 3.61. The van der Waals surface area contributed by atoms with Crippen LogP contribution in [0.1, 0.15) is 42.5 Å². The van der Waals surface area contributed by atoms with Crippen LogP contribution in [0.25, 0.3) is 0 Å². The highest BCUT2D eigenvalue weighted by molar-refractivity contribution is 6.31. The number of carbonyl (C=O) groups excluding carboxylic acids is 2. The van der Waals surface area contributed by atoms with Crippen LogP contribution in [0.15, 0.2) is 72.8 Å². The summed E-state index contributed by atoms with van der Waals surface area (Å²) in [6.07, 6.45) is 1.17. The number of nitrogens with one attached hydrogen (secondary N) is 1. The molecule has 3 aromatic carbocycles. The van der Waals surface area contributed by atoms with Crippen molar-refractivity contribution in [2.75, 3.05) is 6.61 Å². The fourth-order valence-corrected chi connectivity index (χ4v) is 4.03. The molecule has 0 aromatic heterocycles. The molecule has 0 heterocycles. The second-order valence-electron chi connectivity index (χ2n) is 9.17. The molecule has 3 aromatic rings. The lowest BCUT2D eigenvalue weighted by atomic mass is 10.0. The highest BCUT2D eigenvalue weighted by Gasteiger charge is 2.31. The normalized spacial score (nSPS) is 12.5. The Labute approximate surface area is 219 Å². The summed E-state index contributed by atoms with van der Waals surface area (Å²) in [6, 6.07) is 22.1. The Balaban J connectivity index is 1.92. The van der Waals surface area contributed by atoms with E-state index in [4.69, 9.17) is 16.3 Å². The second-order valence-corrected chi connectivity index (χ2v) is 9.58. The summed E-state index contributed by atoms with van der Waals surface area (Å²) in [7, 11) is 0. The summed E-state index contributed by atoms with van der Waals surface area (Å²) >= 11 is 6.46. The van der Waals surface area contributed by atoms with Crippen molar-refractivity contribution in [1.82, 2.24) is 10.2 Å². The molecular weight excluding hydrogens is 472 g/mol. The van der Waals surface area contributed by atoms with Gasteiger partial charge in [-0.25, -0.2) is 0 Å². The third-order valence-electron chi connectivity index (χ3n) is 6.41. The Morgan fingerprint density at radius 1 is 0.972 bits per heavy atom. The van der Waals surface area contributed by atoms with Crippen LogP contribution < -0.4 is 10.1 Å². The van der Waals surface area contributed by atoms with Gasteiger partial charge in [0, 0.05) is 24.0 Å². The van der Waals surface area contributed by atoms with Crippen molar-refractivity contribution in [3.8, 4) is 5.75 Å². The van der Waals surface area contributed by atoms with E-state index in [1.807, 2.05) is 94.4 Å². The van der Waals surface area contributed by atoms with E-state index in [1.165, 1.54) is 0 Å². The maximum Gasteiger partial charge on any atom is 0.261 e. The number of nitrogens with zero attached hydrogens (tertiary/aromatic N) is 1. The van der Waals surface area contributed by atoms with Crippen LogP contribution in [-0.4, -0.2) is 35.4 Å². The Bertz CT molecular complexity index is 1170. The second kappa shape index (κ2) is 13.1. The van der Waals surface area contributed by atoms with Gasteiger partial charge in [0.25, 0.3) is 5.91 Å². The fraction of sp³-hybridized carbons (Fsp3) is 0.333. The lowest BCUT2D eigenvalue weighted by Gasteiger charge is -2.32. The number of carbonyl (C=O) groups is 2. The Morgan fingerprint density at radius 2 is 1.67 bits per heavy atom. The van der Waals surface area contributed by atoms with Crippen LogP contribution in [0.2, 0.25) is 5.02 Å². The van der Waals surface area contributed by atoms with Crippen LogP contribution in [0.5, 0.6) is 5.75 Å². The van der Waals surface area contributed by atoms with E-state index in [9.17, 15) is 9.59 Å². The zero-order valence-corrected chi connectivity index (χ0v) is 22.2. The van der Waals surface area contributed by atoms with Gasteiger partial charge in [-0.1, -0.05) is 73.1 Å². The number of benzene rings is 3. The molecule has 0 saturated carbocycles. The fourth-order valence-electron chi connectivity index (χ4n) is 3.84. The summed E-state index contributed by atoms with van der Waals surface area (Å²) in [4.78, 5) is 28.8. The maximum absolute atomic E-state index is 13.7. The first-order valence-electron chi connectivity index (χ1n) is 12.4. The quantitative estimate of drug-likeness (QED) is 0.352. The van der Waals surface area contributed by atoms with Gasteiger partial charge in [-0.2, -0.15) is 0 Å². The third-order valence-corrected chi connectivity index (χ3v) is 6.78. The number of rotatable bonds is 11. The number of halogens is 1. The molecule has 0 spiro atoms. The topological polar surface area (TPSA) is 58.6 Å². The molecule has 0 unspecified atom stereocenters. The van der Waals surface area contributed by atoms with Crippen LogP contribution in [0.3, 0.4) is 0 Å². The zero-order valence-electron chi connectivity index (χ0n) is 21.5. The third kappa shape index (κ3) is 7.59. The number of amides is 2. The summed E-state index contributed by atoms with van der Waals surface area (Å²) in [5.41, 5.74) is 3.98. The molecule has 1 N–H and O–H groups in total. The number of hydrogen-bond donors (Lipinski definition) is 1. The van der Waals surface area contributed by atoms with E-state index >= 15 is 0 Å². The standard InChI is InChI=1S/C30H35ClN2O3/c1-5-23(4)32-30(35)28(18-24-11-7-6-8-12-24)33(19-25-13-9-10-14-27(25)31)29(34)20-36-26-16-15-21(2)22(3)17-26/h6-17,23,28H,5,18-20H2,1-4H3,(H,32,35)/t23-,28+/m0/s1. The lowest BCUT2D eigenvalue weighted by molar-refractivity contribution is -0.143. The molecule has 0 aliphatic heterocycles. The van der Waals surface area contributed by atoms with Crippen LogP contribution in [0, 0.1) is 13.8 Å². The molecule has 3 rings (SSSR count). The van der Waals surface area contributed by atoms with Gasteiger partial charge < -0.3 is 15.0 Å². The maximum atomic E-state index is 13.7. The molecule has 0 fully saturated rings. The van der Waals surface area contributed by atoms with Crippen molar-refractivity contribution in [3.05, 3.63) is 100 Å². The van der Waals surface area contributed by atoms with Gasteiger partial charge in [-0.05, 0) is 67.6 Å². The van der Waals surface area contributed by atoms with Gasteiger partial charge in [-0.15, -0.1) is 0 Å². The molecule has 0 aliphatic carbocycles. The first kappa shape index (κ1) is 27.3. The van der Waals surface area contributed by atoms with Crippen molar-refractivity contribution < 1.29 is 14.3 Å². The van der Waals surface area contributed by atoms with E-state index in [2.05, 4.69) is 5.32 Å². The molecule has 2 atom stereocenters. The molecule has 0 saturated heterocycles. The highest BCUT2D eigenvalue weighted by Crippen LogP contribution is 2.22. The summed E-state index contributed by atoms with van der Waals surface area (Å²) < 4.78 is 5.88. The van der Waals surface area contributed by atoms with Gasteiger partial charge in [0.1, 0.15) is 11.8 Å². The predicted octanol–water partition coefficient (Wildman–Crippen LogP) is 5.89. The van der Waals surface area contributed by atoms with Crippen molar-refractivity contribution in [3.63, 3.8) is 0 Å². The van der Waals surface area contributed by atoms with E-state index in [-0.39, 0.29) is 31.0 Å². The molecular formula is C30H35ClN2O3. The number of ether oxygens (including phenoxy) is 1. The SMILES string of the molecule is CC[C@H](C)NC(=O)[C@@H](Cc1ccccc1)N(Cc1ccccc1Cl)C(=O)COc1ccc(C)c(C)c1. The van der Waals surface area contributed by atoms with Crippen molar-refractivity contribution in [2.45, 2.75) is 59.2 Å². The highest BCUT2D eigenvalue weighted by atomic mass is 35.5. The van der Waals surface area contributed by atoms with E-state index in [0.717, 1.165) is 28.7 Å².